The zero-order valence-electron chi connectivity index (χ0n) is 19.6. The molecule has 0 bridgehead atoms. The Hall–Kier alpha value is -1.91. The summed E-state index contributed by atoms with van der Waals surface area (Å²) in [4.78, 5) is 12.0. The Morgan fingerprint density at radius 2 is 1.17 bits per heavy atom. The minimum absolute atomic E-state index is 0.159. The van der Waals surface area contributed by atoms with Crippen LogP contribution >= 0.6 is 0 Å². The largest absolute Gasteiger partial charge is 0.490 e. The zero-order chi connectivity index (χ0) is 22.0. The number of rotatable bonds is 18. The second-order valence-corrected chi connectivity index (χ2v) is 7.60. The maximum atomic E-state index is 12.0. The average Bonchev–Trinajstić information content (AvgIpc) is 2.74. The van der Waals surface area contributed by atoms with Gasteiger partial charge in [0.25, 0.3) is 0 Å². The van der Waals surface area contributed by atoms with Crippen molar-refractivity contribution in [3.8, 4) is 17.2 Å². The lowest BCUT2D eigenvalue weighted by Crippen LogP contribution is -2.09. The first-order valence-corrected chi connectivity index (χ1v) is 11.9. The lowest BCUT2D eigenvalue weighted by molar-refractivity contribution is -0.143. The number of esters is 1. The summed E-state index contributed by atoms with van der Waals surface area (Å²) >= 11 is 0. The van der Waals surface area contributed by atoms with E-state index in [-0.39, 0.29) is 5.97 Å². The van der Waals surface area contributed by atoms with E-state index in [4.69, 9.17) is 18.9 Å². The molecule has 1 aromatic rings. The Morgan fingerprint density at radius 1 is 0.700 bits per heavy atom. The van der Waals surface area contributed by atoms with Gasteiger partial charge in [-0.2, -0.15) is 0 Å². The minimum Gasteiger partial charge on any atom is -0.490 e. The van der Waals surface area contributed by atoms with Gasteiger partial charge in [-0.1, -0.05) is 53.4 Å². The molecule has 0 aromatic heterocycles. The highest BCUT2D eigenvalue weighted by Crippen LogP contribution is 2.40. The van der Waals surface area contributed by atoms with E-state index >= 15 is 0 Å². The van der Waals surface area contributed by atoms with E-state index in [1.54, 1.807) is 0 Å². The molecule has 0 unspecified atom stereocenters. The molecule has 0 fully saturated rings. The molecular formula is C25H42O5. The molecule has 0 N–H and O–H groups in total. The topological polar surface area (TPSA) is 54.0 Å². The normalized spacial score (nSPS) is 10.7. The van der Waals surface area contributed by atoms with Crippen LogP contribution in [0.25, 0.3) is 0 Å². The molecule has 0 spiro atoms. The molecule has 30 heavy (non-hydrogen) atoms. The van der Waals surface area contributed by atoms with Crippen molar-refractivity contribution < 1.29 is 23.7 Å². The monoisotopic (exact) mass is 422 g/mol. The number of hydrogen-bond acceptors (Lipinski definition) is 5. The van der Waals surface area contributed by atoms with E-state index < -0.39 is 0 Å². The van der Waals surface area contributed by atoms with Gasteiger partial charge in [0.15, 0.2) is 11.5 Å². The molecule has 0 amide bonds. The summed E-state index contributed by atoms with van der Waals surface area (Å²) in [5, 5.41) is 0. The van der Waals surface area contributed by atoms with Crippen LogP contribution < -0.4 is 14.2 Å². The van der Waals surface area contributed by atoms with Crippen molar-refractivity contribution in [3.63, 3.8) is 0 Å². The Morgan fingerprint density at radius 3 is 1.67 bits per heavy atom. The number of ether oxygens (including phenoxy) is 4. The molecule has 0 aliphatic heterocycles. The summed E-state index contributed by atoms with van der Waals surface area (Å²) in [5.41, 5.74) is 1.00. The van der Waals surface area contributed by atoms with Crippen molar-refractivity contribution >= 4 is 5.97 Å². The van der Waals surface area contributed by atoms with E-state index in [1.165, 1.54) is 0 Å². The maximum absolute atomic E-state index is 12.0. The smallest absolute Gasteiger partial charge is 0.306 e. The lowest BCUT2D eigenvalue weighted by atomic mass is 10.1. The van der Waals surface area contributed by atoms with Crippen LogP contribution in [0.5, 0.6) is 17.2 Å². The predicted molar refractivity (Wildman–Crippen MR) is 122 cm³/mol. The number of aryl methyl sites for hydroxylation is 1. The fraction of sp³-hybridized carbons (Fsp3) is 0.720. The highest BCUT2D eigenvalue weighted by atomic mass is 16.5. The molecule has 5 nitrogen and oxygen atoms in total. The Kier molecular flexibility index (Phi) is 14.7. The third kappa shape index (κ3) is 10.7. The van der Waals surface area contributed by atoms with Crippen LogP contribution in [0.2, 0.25) is 0 Å². The van der Waals surface area contributed by atoms with Crippen LogP contribution in [0.1, 0.15) is 91.0 Å². The Bertz CT molecular complexity index is 554. The molecule has 0 aliphatic carbocycles. The SMILES string of the molecule is CCCCOC(=O)CCc1cc(OCCCC)c(OCCCC)c(OCCCC)c1. The van der Waals surface area contributed by atoms with Gasteiger partial charge in [-0.25, -0.2) is 0 Å². The zero-order valence-corrected chi connectivity index (χ0v) is 19.6. The van der Waals surface area contributed by atoms with Gasteiger partial charge < -0.3 is 18.9 Å². The minimum atomic E-state index is -0.159. The fourth-order valence-corrected chi connectivity index (χ4v) is 2.75. The van der Waals surface area contributed by atoms with Crippen LogP contribution in [-0.2, 0) is 16.0 Å². The third-order valence-corrected chi connectivity index (χ3v) is 4.71. The van der Waals surface area contributed by atoms with Gasteiger partial charge in [-0.15, -0.1) is 0 Å². The predicted octanol–water partition coefficient (Wildman–Crippen LogP) is 6.50. The van der Waals surface area contributed by atoms with Gasteiger partial charge in [-0.3, -0.25) is 4.79 Å². The van der Waals surface area contributed by atoms with Gasteiger partial charge in [0.2, 0.25) is 5.75 Å². The first-order chi connectivity index (χ1) is 14.7. The molecule has 1 aromatic carbocycles. The van der Waals surface area contributed by atoms with Gasteiger partial charge in [-0.05, 0) is 49.8 Å². The average molecular weight is 423 g/mol. The molecule has 172 valence electrons. The lowest BCUT2D eigenvalue weighted by Gasteiger charge is -2.19. The van der Waals surface area contributed by atoms with Gasteiger partial charge in [0.1, 0.15) is 0 Å². The van der Waals surface area contributed by atoms with Crippen LogP contribution in [0.3, 0.4) is 0 Å². The Labute approximate surface area is 183 Å². The highest BCUT2D eigenvalue weighted by molar-refractivity contribution is 5.70. The molecule has 0 saturated carbocycles. The van der Waals surface area contributed by atoms with E-state index in [9.17, 15) is 4.79 Å². The molecule has 0 heterocycles. The van der Waals surface area contributed by atoms with Crippen LogP contribution in [-0.4, -0.2) is 32.4 Å². The fourth-order valence-electron chi connectivity index (χ4n) is 2.75. The number of hydrogen-bond donors (Lipinski definition) is 0. The van der Waals surface area contributed by atoms with Gasteiger partial charge >= 0.3 is 5.97 Å². The summed E-state index contributed by atoms with van der Waals surface area (Å²) < 4.78 is 23.5. The first-order valence-electron chi connectivity index (χ1n) is 11.9. The summed E-state index contributed by atoms with van der Waals surface area (Å²) in [5.74, 6) is 1.95. The third-order valence-electron chi connectivity index (χ3n) is 4.71. The molecule has 0 radical (unpaired) electrons. The van der Waals surface area contributed by atoms with Crippen LogP contribution in [0, 0.1) is 0 Å². The van der Waals surface area contributed by atoms with Crippen molar-refractivity contribution in [3.05, 3.63) is 17.7 Å². The first kappa shape index (κ1) is 26.1. The van der Waals surface area contributed by atoms with E-state index in [0.717, 1.165) is 56.9 Å². The second-order valence-electron chi connectivity index (χ2n) is 7.60. The van der Waals surface area contributed by atoms with Gasteiger partial charge in [0, 0.05) is 6.42 Å². The highest BCUT2D eigenvalue weighted by Gasteiger charge is 2.17. The van der Waals surface area contributed by atoms with Crippen molar-refractivity contribution in [2.45, 2.75) is 91.9 Å². The Balaban J connectivity index is 2.97. The summed E-state index contributed by atoms with van der Waals surface area (Å²) in [6.07, 6.45) is 9.00. The van der Waals surface area contributed by atoms with Crippen LogP contribution in [0.4, 0.5) is 0 Å². The summed E-state index contributed by atoms with van der Waals surface area (Å²) in [6, 6.07) is 3.98. The maximum Gasteiger partial charge on any atom is 0.306 e. The van der Waals surface area contributed by atoms with Crippen molar-refractivity contribution in [1.82, 2.24) is 0 Å². The molecule has 5 heteroatoms. The number of carbonyl (C=O) groups excluding carboxylic acids is 1. The number of carbonyl (C=O) groups is 1. The molecule has 1 rings (SSSR count). The van der Waals surface area contributed by atoms with Crippen molar-refractivity contribution in [2.75, 3.05) is 26.4 Å². The number of unbranched alkanes of at least 4 members (excludes halogenated alkanes) is 4. The van der Waals surface area contributed by atoms with E-state index in [0.29, 0.717) is 56.5 Å². The quantitative estimate of drug-likeness (QED) is 0.200. The molecular weight excluding hydrogens is 380 g/mol. The molecule has 0 aliphatic rings. The van der Waals surface area contributed by atoms with Crippen molar-refractivity contribution in [2.24, 2.45) is 0 Å². The number of benzene rings is 1. The summed E-state index contributed by atoms with van der Waals surface area (Å²) in [6.45, 7) is 10.9. The summed E-state index contributed by atoms with van der Waals surface area (Å²) in [7, 11) is 0. The molecule has 0 saturated heterocycles. The molecule has 0 atom stereocenters. The van der Waals surface area contributed by atoms with E-state index in [2.05, 4.69) is 27.7 Å². The van der Waals surface area contributed by atoms with Crippen LogP contribution in [0.15, 0.2) is 12.1 Å². The van der Waals surface area contributed by atoms with Gasteiger partial charge in [0.05, 0.1) is 26.4 Å². The van der Waals surface area contributed by atoms with Crippen molar-refractivity contribution in [1.29, 1.82) is 0 Å². The standard InChI is InChI=1S/C25H42O5/c1-5-9-15-27-22-19-21(13-14-24(26)29-17-11-7-3)20-23(28-16-10-6-2)25(22)30-18-12-8-4/h19-20H,5-18H2,1-4H3. The van der Waals surface area contributed by atoms with E-state index in [1.807, 2.05) is 12.1 Å². The second kappa shape index (κ2) is 16.8.